The largest absolute Gasteiger partial charge is 0.340 e. The average molecular weight is 196 g/mol. The molecule has 1 aromatic heterocycles. The summed E-state index contributed by atoms with van der Waals surface area (Å²) < 4.78 is 4.95. The molecule has 0 saturated carbocycles. The maximum absolute atomic E-state index is 4.95. The fourth-order valence-corrected chi connectivity index (χ4v) is 1.78. The standard InChI is InChI=1S/C9H16N4O/c1-8-6-13(5-3-10-8)4-2-9-11-7-12-14-9/h7-8,10H,2-6H2,1H3. The van der Waals surface area contributed by atoms with E-state index in [2.05, 4.69) is 27.3 Å². The molecule has 1 N–H and O–H groups in total. The highest BCUT2D eigenvalue weighted by molar-refractivity contribution is 4.80. The van der Waals surface area contributed by atoms with Crippen molar-refractivity contribution < 1.29 is 4.52 Å². The quantitative estimate of drug-likeness (QED) is 0.732. The molecule has 5 nitrogen and oxygen atoms in total. The van der Waals surface area contributed by atoms with Gasteiger partial charge in [0.05, 0.1) is 0 Å². The Morgan fingerprint density at radius 2 is 2.64 bits per heavy atom. The van der Waals surface area contributed by atoms with Gasteiger partial charge >= 0.3 is 0 Å². The second-order valence-corrected chi connectivity index (χ2v) is 3.74. The number of hydrogen-bond acceptors (Lipinski definition) is 5. The number of nitrogens with one attached hydrogen (secondary N) is 1. The molecule has 5 heteroatoms. The predicted molar refractivity (Wildman–Crippen MR) is 51.9 cm³/mol. The van der Waals surface area contributed by atoms with Crippen molar-refractivity contribution in [2.24, 2.45) is 0 Å². The topological polar surface area (TPSA) is 54.2 Å². The highest BCUT2D eigenvalue weighted by Gasteiger charge is 2.15. The van der Waals surface area contributed by atoms with Crippen LogP contribution in [0.15, 0.2) is 10.9 Å². The molecule has 1 atom stereocenters. The van der Waals surface area contributed by atoms with E-state index in [4.69, 9.17) is 4.52 Å². The van der Waals surface area contributed by atoms with Gasteiger partial charge in [-0.2, -0.15) is 4.98 Å². The molecular weight excluding hydrogens is 180 g/mol. The Kier molecular flexibility index (Phi) is 3.10. The second-order valence-electron chi connectivity index (χ2n) is 3.74. The molecule has 1 unspecified atom stereocenters. The SMILES string of the molecule is CC1CN(CCc2ncno2)CCN1. The zero-order valence-corrected chi connectivity index (χ0v) is 8.44. The normalized spacial score (nSPS) is 23.9. The van der Waals surface area contributed by atoms with Gasteiger partial charge < -0.3 is 14.7 Å². The summed E-state index contributed by atoms with van der Waals surface area (Å²) in [5, 5.41) is 7.00. The van der Waals surface area contributed by atoms with Gasteiger partial charge in [-0.1, -0.05) is 5.16 Å². The Hall–Kier alpha value is -0.940. The fourth-order valence-electron chi connectivity index (χ4n) is 1.78. The van der Waals surface area contributed by atoms with E-state index in [-0.39, 0.29) is 0 Å². The minimum Gasteiger partial charge on any atom is -0.340 e. The first-order valence-corrected chi connectivity index (χ1v) is 5.06. The lowest BCUT2D eigenvalue weighted by Crippen LogP contribution is -2.49. The van der Waals surface area contributed by atoms with Crippen molar-refractivity contribution in [3.8, 4) is 0 Å². The van der Waals surface area contributed by atoms with Crippen molar-refractivity contribution in [1.82, 2.24) is 20.4 Å². The average Bonchev–Trinajstić information content (AvgIpc) is 2.67. The summed E-state index contributed by atoms with van der Waals surface area (Å²) in [7, 11) is 0. The minimum atomic E-state index is 0.589. The molecule has 1 saturated heterocycles. The maximum Gasteiger partial charge on any atom is 0.227 e. The summed E-state index contributed by atoms with van der Waals surface area (Å²) >= 11 is 0. The van der Waals surface area contributed by atoms with Crippen LogP contribution in [0, 0.1) is 0 Å². The summed E-state index contributed by atoms with van der Waals surface area (Å²) in [6.07, 6.45) is 2.31. The monoisotopic (exact) mass is 196 g/mol. The van der Waals surface area contributed by atoms with Gasteiger partial charge in [0.25, 0.3) is 0 Å². The molecule has 78 valence electrons. The molecule has 0 radical (unpaired) electrons. The summed E-state index contributed by atoms with van der Waals surface area (Å²) in [4.78, 5) is 6.42. The van der Waals surface area contributed by atoms with E-state index in [9.17, 15) is 0 Å². The highest BCUT2D eigenvalue weighted by Crippen LogP contribution is 2.01. The third kappa shape index (κ3) is 2.52. The lowest BCUT2D eigenvalue weighted by atomic mass is 10.2. The van der Waals surface area contributed by atoms with Crippen LogP contribution in [0.4, 0.5) is 0 Å². The lowest BCUT2D eigenvalue weighted by Gasteiger charge is -2.31. The van der Waals surface area contributed by atoms with Crippen LogP contribution in [-0.2, 0) is 6.42 Å². The first-order chi connectivity index (χ1) is 6.84. The predicted octanol–water partition coefficient (Wildman–Crippen LogP) is -0.0942. The lowest BCUT2D eigenvalue weighted by molar-refractivity contribution is 0.203. The van der Waals surface area contributed by atoms with Crippen molar-refractivity contribution in [1.29, 1.82) is 0 Å². The molecule has 2 heterocycles. The first-order valence-electron chi connectivity index (χ1n) is 5.06. The zero-order valence-electron chi connectivity index (χ0n) is 8.44. The molecule has 1 aliphatic rings. The van der Waals surface area contributed by atoms with Crippen LogP contribution in [0.5, 0.6) is 0 Å². The Morgan fingerprint density at radius 3 is 3.36 bits per heavy atom. The Bertz CT molecular complexity index is 262. The number of nitrogens with zero attached hydrogens (tertiary/aromatic N) is 3. The van der Waals surface area contributed by atoms with E-state index < -0.39 is 0 Å². The van der Waals surface area contributed by atoms with Crippen LogP contribution in [-0.4, -0.2) is 47.3 Å². The fraction of sp³-hybridized carbons (Fsp3) is 0.778. The van der Waals surface area contributed by atoms with Crippen LogP contribution in [0.1, 0.15) is 12.8 Å². The Labute approximate surface area is 83.5 Å². The Balaban J connectivity index is 1.75. The molecule has 14 heavy (non-hydrogen) atoms. The van der Waals surface area contributed by atoms with Gasteiger partial charge in [0.1, 0.15) is 0 Å². The van der Waals surface area contributed by atoms with E-state index >= 15 is 0 Å². The maximum atomic E-state index is 4.95. The summed E-state index contributed by atoms with van der Waals surface area (Å²) in [6.45, 7) is 6.50. The van der Waals surface area contributed by atoms with Gasteiger partial charge in [0.15, 0.2) is 6.33 Å². The number of rotatable bonds is 3. The van der Waals surface area contributed by atoms with E-state index in [1.807, 2.05) is 0 Å². The molecule has 0 aliphatic carbocycles. The molecule has 0 amide bonds. The van der Waals surface area contributed by atoms with Crippen molar-refractivity contribution in [2.45, 2.75) is 19.4 Å². The van der Waals surface area contributed by atoms with E-state index in [1.54, 1.807) is 0 Å². The van der Waals surface area contributed by atoms with E-state index in [1.165, 1.54) is 6.33 Å². The van der Waals surface area contributed by atoms with Crippen LogP contribution in [0.25, 0.3) is 0 Å². The molecular formula is C9H16N4O. The first kappa shape index (κ1) is 9.61. The molecule has 0 bridgehead atoms. The molecule has 0 aromatic carbocycles. The third-order valence-electron chi connectivity index (χ3n) is 2.50. The summed E-state index contributed by atoms with van der Waals surface area (Å²) in [5.41, 5.74) is 0. The van der Waals surface area contributed by atoms with Crippen LogP contribution in [0.3, 0.4) is 0 Å². The van der Waals surface area contributed by atoms with Gasteiger partial charge in [0, 0.05) is 38.6 Å². The van der Waals surface area contributed by atoms with E-state index in [0.717, 1.165) is 38.5 Å². The van der Waals surface area contributed by atoms with Gasteiger partial charge in [0.2, 0.25) is 5.89 Å². The second kappa shape index (κ2) is 4.52. The van der Waals surface area contributed by atoms with Crippen LogP contribution < -0.4 is 5.32 Å². The zero-order chi connectivity index (χ0) is 9.80. The van der Waals surface area contributed by atoms with Gasteiger partial charge in [-0.05, 0) is 6.92 Å². The molecule has 2 rings (SSSR count). The van der Waals surface area contributed by atoms with Crippen LogP contribution in [0.2, 0.25) is 0 Å². The van der Waals surface area contributed by atoms with Crippen molar-refractivity contribution in [3.05, 3.63) is 12.2 Å². The van der Waals surface area contributed by atoms with Gasteiger partial charge in [-0.25, -0.2) is 0 Å². The van der Waals surface area contributed by atoms with Gasteiger partial charge in [-0.15, -0.1) is 0 Å². The van der Waals surface area contributed by atoms with Crippen molar-refractivity contribution >= 4 is 0 Å². The number of piperazine rings is 1. The Morgan fingerprint density at radius 1 is 1.71 bits per heavy atom. The van der Waals surface area contributed by atoms with E-state index in [0.29, 0.717) is 6.04 Å². The third-order valence-corrected chi connectivity index (χ3v) is 2.50. The van der Waals surface area contributed by atoms with Gasteiger partial charge in [-0.3, -0.25) is 0 Å². The molecule has 1 fully saturated rings. The number of hydrogen-bond donors (Lipinski definition) is 1. The van der Waals surface area contributed by atoms with Crippen molar-refractivity contribution in [3.63, 3.8) is 0 Å². The minimum absolute atomic E-state index is 0.589. The highest BCUT2D eigenvalue weighted by atomic mass is 16.5. The summed E-state index contributed by atoms with van der Waals surface area (Å²) in [5.74, 6) is 0.733. The number of aromatic nitrogens is 2. The smallest absolute Gasteiger partial charge is 0.227 e. The summed E-state index contributed by atoms with van der Waals surface area (Å²) in [6, 6.07) is 0.589. The molecule has 0 spiro atoms. The molecule has 1 aromatic rings. The van der Waals surface area contributed by atoms with Crippen molar-refractivity contribution in [2.75, 3.05) is 26.2 Å². The molecule has 1 aliphatic heterocycles. The van der Waals surface area contributed by atoms with Crippen LogP contribution >= 0.6 is 0 Å².